The molecular weight excluding hydrogens is 232 g/mol. The SMILES string of the molecule is CCc1ccc(C(C)NCC(O)C(F)F)s1. The topological polar surface area (TPSA) is 32.3 Å². The van der Waals surface area contributed by atoms with Gasteiger partial charge in [-0.25, -0.2) is 8.78 Å². The number of hydrogen-bond acceptors (Lipinski definition) is 3. The van der Waals surface area contributed by atoms with Gasteiger partial charge in [-0.1, -0.05) is 6.92 Å². The highest BCUT2D eigenvalue weighted by Gasteiger charge is 2.17. The summed E-state index contributed by atoms with van der Waals surface area (Å²) in [5.41, 5.74) is 0. The third-order valence-corrected chi connectivity index (χ3v) is 3.79. The summed E-state index contributed by atoms with van der Waals surface area (Å²) in [6.07, 6.45) is -3.29. The molecule has 0 aromatic carbocycles. The van der Waals surface area contributed by atoms with Crippen molar-refractivity contribution in [2.24, 2.45) is 0 Å². The van der Waals surface area contributed by atoms with E-state index in [2.05, 4.69) is 12.2 Å². The number of rotatable bonds is 6. The summed E-state index contributed by atoms with van der Waals surface area (Å²) >= 11 is 1.67. The molecule has 92 valence electrons. The second kappa shape index (κ2) is 6.27. The number of nitrogens with one attached hydrogen (secondary N) is 1. The maximum atomic E-state index is 12.1. The van der Waals surface area contributed by atoms with E-state index >= 15 is 0 Å². The molecule has 0 spiro atoms. The highest BCUT2D eigenvalue weighted by molar-refractivity contribution is 7.12. The quantitative estimate of drug-likeness (QED) is 0.812. The normalized spacial score (nSPS) is 15.4. The maximum absolute atomic E-state index is 12.1. The molecule has 2 atom stereocenters. The molecule has 0 radical (unpaired) electrons. The van der Waals surface area contributed by atoms with E-state index in [1.54, 1.807) is 11.3 Å². The molecule has 2 N–H and O–H groups in total. The predicted octanol–water partition coefficient (Wildman–Crippen LogP) is 2.59. The third-order valence-electron chi connectivity index (χ3n) is 2.38. The van der Waals surface area contributed by atoms with Crippen LogP contribution >= 0.6 is 11.3 Å². The van der Waals surface area contributed by atoms with Gasteiger partial charge >= 0.3 is 0 Å². The molecule has 0 amide bonds. The van der Waals surface area contributed by atoms with Gasteiger partial charge in [0.15, 0.2) is 0 Å². The minimum absolute atomic E-state index is 0.00120. The third kappa shape index (κ3) is 3.81. The smallest absolute Gasteiger partial charge is 0.265 e. The monoisotopic (exact) mass is 249 g/mol. The van der Waals surface area contributed by atoms with Crippen LogP contribution in [-0.2, 0) is 6.42 Å². The summed E-state index contributed by atoms with van der Waals surface area (Å²) in [7, 11) is 0. The molecule has 0 aliphatic heterocycles. The molecule has 0 aliphatic carbocycles. The Hall–Kier alpha value is -0.520. The van der Waals surface area contributed by atoms with Gasteiger partial charge in [0.1, 0.15) is 6.10 Å². The fraction of sp³-hybridized carbons (Fsp3) is 0.636. The Balaban J connectivity index is 2.43. The van der Waals surface area contributed by atoms with E-state index in [-0.39, 0.29) is 12.6 Å². The number of halogens is 2. The first-order valence-corrected chi connectivity index (χ1v) is 6.14. The molecule has 0 bridgehead atoms. The summed E-state index contributed by atoms with van der Waals surface area (Å²) < 4.78 is 24.1. The standard InChI is InChI=1S/C11H17F2NOS/c1-3-8-4-5-10(16-8)7(2)14-6-9(15)11(12)13/h4-5,7,9,11,14-15H,3,6H2,1-2H3. The first-order chi connectivity index (χ1) is 7.54. The lowest BCUT2D eigenvalue weighted by Crippen LogP contribution is -2.33. The Kier molecular flexibility index (Phi) is 5.31. The van der Waals surface area contributed by atoms with E-state index in [1.807, 2.05) is 19.1 Å². The largest absolute Gasteiger partial charge is 0.386 e. The van der Waals surface area contributed by atoms with Crippen molar-refractivity contribution < 1.29 is 13.9 Å². The van der Waals surface area contributed by atoms with Crippen LogP contribution in [0.2, 0.25) is 0 Å². The second-order valence-corrected chi connectivity index (χ2v) is 4.89. The Morgan fingerprint density at radius 1 is 1.44 bits per heavy atom. The number of aliphatic hydroxyl groups is 1. The van der Waals surface area contributed by atoms with Crippen LogP contribution < -0.4 is 5.32 Å². The molecule has 5 heteroatoms. The van der Waals surface area contributed by atoms with Crippen molar-refractivity contribution in [3.05, 3.63) is 21.9 Å². The van der Waals surface area contributed by atoms with Crippen molar-refractivity contribution >= 4 is 11.3 Å². The highest BCUT2D eigenvalue weighted by Crippen LogP contribution is 2.23. The number of alkyl halides is 2. The van der Waals surface area contributed by atoms with Gasteiger partial charge in [0.2, 0.25) is 0 Å². The van der Waals surface area contributed by atoms with Gasteiger partial charge in [0.25, 0.3) is 6.43 Å². The molecule has 1 aromatic heterocycles. The lowest BCUT2D eigenvalue weighted by atomic mass is 10.2. The van der Waals surface area contributed by atoms with E-state index in [0.717, 1.165) is 11.3 Å². The predicted molar refractivity (Wildman–Crippen MR) is 62.1 cm³/mol. The molecule has 1 heterocycles. The van der Waals surface area contributed by atoms with Gasteiger partial charge in [-0.05, 0) is 25.5 Å². The summed E-state index contributed by atoms with van der Waals surface area (Å²) in [4.78, 5) is 2.39. The first-order valence-electron chi connectivity index (χ1n) is 5.32. The zero-order valence-electron chi connectivity index (χ0n) is 9.41. The lowest BCUT2D eigenvalue weighted by Gasteiger charge is -2.15. The number of aryl methyl sites for hydroxylation is 1. The molecule has 0 aliphatic rings. The summed E-state index contributed by atoms with van der Waals surface area (Å²) in [6.45, 7) is 3.90. The van der Waals surface area contributed by atoms with E-state index in [1.165, 1.54) is 4.88 Å². The zero-order valence-corrected chi connectivity index (χ0v) is 10.2. The van der Waals surface area contributed by atoms with Crippen LogP contribution in [0.15, 0.2) is 12.1 Å². The van der Waals surface area contributed by atoms with E-state index in [4.69, 9.17) is 5.11 Å². The van der Waals surface area contributed by atoms with Crippen LogP contribution in [-0.4, -0.2) is 24.2 Å². The molecule has 1 aromatic rings. The van der Waals surface area contributed by atoms with Crippen molar-refractivity contribution in [1.82, 2.24) is 5.32 Å². The van der Waals surface area contributed by atoms with Crippen LogP contribution in [0, 0.1) is 0 Å². The lowest BCUT2D eigenvalue weighted by molar-refractivity contribution is -0.00434. The van der Waals surface area contributed by atoms with Gasteiger partial charge in [-0.3, -0.25) is 0 Å². The van der Waals surface area contributed by atoms with Gasteiger partial charge in [0, 0.05) is 22.3 Å². The van der Waals surface area contributed by atoms with Crippen LogP contribution in [0.5, 0.6) is 0 Å². The first kappa shape index (κ1) is 13.5. The molecule has 0 fully saturated rings. The maximum Gasteiger partial charge on any atom is 0.265 e. The molecule has 1 rings (SSSR count). The van der Waals surface area contributed by atoms with Crippen molar-refractivity contribution in [2.45, 2.75) is 38.8 Å². The fourth-order valence-corrected chi connectivity index (χ4v) is 2.28. The van der Waals surface area contributed by atoms with Crippen molar-refractivity contribution in [1.29, 1.82) is 0 Å². The Morgan fingerprint density at radius 2 is 2.12 bits per heavy atom. The molecular formula is C11H17F2NOS. The number of thiophene rings is 1. The molecule has 2 unspecified atom stereocenters. The van der Waals surface area contributed by atoms with Crippen LogP contribution in [0.3, 0.4) is 0 Å². The van der Waals surface area contributed by atoms with Crippen LogP contribution in [0.1, 0.15) is 29.6 Å². The summed E-state index contributed by atoms with van der Waals surface area (Å²) in [5, 5.41) is 11.9. The Labute approximate surface area is 98.3 Å². The molecule has 2 nitrogen and oxygen atoms in total. The van der Waals surface area contributed by atoms with E-state index in [0.29, 0.717) is 0 Å². The van der Waals surface area contributed by atoms with Crippen molar-refractivity contribution in [2.75, 3.05) is 6.54 Å². The minimum Gasteiger partial charge on any atom is -0.386 e. The van der Waals surface area contributed by atoms with Gasteiger partial charge in [-0.15, -0.1) is 11.3 Å². The Morgan fingerprint density at radius 3 is 2.62 bits per heavy atom. The summed E-state index contributed by atoms with van der Waals surface area (Å²) in [6, 6.07) is 4.04. The Bertz CT molecular complexity index is 317. The van der Waals surface area contributed by atoms with Crippen molar-refractivity contribution in [3.8, 4) is 0 Å². The number of aliphatic hydroxyl groups excluding tert-OH is 1. The molecule has 0 saturated heterocycles. The highest BCUT2D eigenvalue weighted by atomic mass is 32.1. The molecule has 0 saturated carbocycles. The fourth-order valence-electron chi connectivity index (χ4n) is 1.30. The van der Waals surface area contributed by atoms with Gasteiger partial charge in [0.05, 0.1) is 0 Å². The van der Waals surface area contributed by atoms with E-state index in [9.17, 15) is 8.78 Å². The number of hydrogen-bond donors (Lipinski definition) is 2. The van der Waals surface area contributed by atoms with Crippen molar-refractivity contribution in [3.63, 3.8) is 0 Å². The van der Waals surface area contributed by atoms with Crippen LogP contribution in [0.25, 0.3) is 0 Å². The second-order valence-electron chi connectivity index (χ2n) is 3.69. The average Bonchev–Trinajstić information content (AvgIpc) is 2.73. The van der Waals surface area contributed by atoms with E-state index < -0.39 is 12.5 Å². The summed E-state index contributed by atoms with van der Waals surface area (Å²) in [5.74, 6) is 0. The van der Waals surface area contributed by atoms with Gasteiger partial charge < -0.3 is 10.4 Å². The molecule has 16 heavy (non-hydrogen) atoms. The van der Waals surface area contributed by atoms with Crippen LogP contribution in [0.4, 0.5) is 8.78 Å². The van der Waals surface area contributed by atoms with Gasteiger partial charge in [-0.2, -0.15) is 0 Å². The zero-order chi connectivity index (χ0) is 12.1. The average molecular weight is 249 g/mol. The minimum atomic E-state index is -2.69.